The van der Waals surface area contributed by atoms with Crippen LogP contribution in [0.3, 0.4) is 0 Å². The second kappa shape index (κ2) is 7.47. The molecule has 1 aromatic heterocycles. The number of benzene rings is 2. The SMILES string of the molecule is COc1cc(C(=O)Nc2cc3c(cc2Cl)n(C)c(=O)n3C)cc(OC)c1OC. The van der Waals surface area contributed by atoms with Crippen LogP contribution in [0.4, 0.5) is 5.69 Å². The van der Waals surface area contributed by atoms with Crippen LogP contribution in [0.25, 0.3) is 11.0 Å². The summed E-state index contributed by atoms with van der Waals surface area (Å²) in [5.74, 6) is 0.694. The molecule has 148 valence electrons. The number of carbonyl (C=O) groups is 1. The zero-order chi connectivity index (χ0) is 20.6. The highest BCUT2D eigenvalue weighted by atomic mass is 35.5. The topological polar surface area (TPSA) is 83.7 Å². The van der Waals surface area contributed by atoms with Gasteiger partial charge in [-0.05, 0) is 24.3 Å². The van der Waals surface area contributed by atoms with E-state index in [9.17, 15) is 9.59 Å². The Hall–Kier alpha value is -3.13. The van der Waals surface area contributed by atoms with E-state index in [0.29, 0.717) is 44.6 Å². The van der Waals surface area contributed by atoms with E-state index in [0.717, 1.165) is 0 Å². The molecule has 9 heteroatoms. The van der Waals surface area contributed by atoms with E-state index in [-0.39, 0.29) is 5.69 Å². The minimum Gasteiger partial charge on any atom is -0.493 e. The number of aromatic nitrogens is 2. The molecule has 3 aromatic rings. The number of carbonyl (C=O) groups excluding carboxylic acids is 1. The summed E-state index contributed by atoms with van der Waals surface area (Å²) in [6, 6.07) is 6.39. The third kappa shape index (κ3) is 3.16. The lowest BCUT2D eigenvalue weighted by atomic mass is 10.1. The monoisotopic (exact) mass is 405 g/mol. The van der Waals surface area contributed by atoms with Crippen molar-refractivity contribution >= 4 is 34.2 Å². The average molecular weight is 406 g/mol. The molecule has 0 atom stereocenters. The quantitative estimate of drug-likeness (QED) is 0.705. The van der Waals surface area contributed by atoms with Gasteiger partial charge in [-0.15, -0.1) is 0 Å². The highest BCUT2D eigenvalue weighted by Gasteiger charge is 2.19. The molecule has 0 unspecified atom stereocenters. The van der Waals surface area contributed by atoms with E-state index < -0.39 is 5.91 Å². The first kappa shape index (κ1) is 19.6. The first-order valence-corrected chi connectivity index (χ1v) is 8.66. The third-order valence-corrected chi connectivity index (χ3v) is 4.85. The minimum atomic E-state index is -0.415. The summed E-state index contributed by atoms with van der Waals surface area (Å²) in [5, 5.41) is 3.08. The van der Waals surface area contributed by atoms with Gasteiger partial charge in [0, 0.05) is 19.7 Å². The van der Waals surface area contributed by atoms with Crippen molar-refractivity contribution in [3.8, 4) is 17.2 Å². The zero-order valence-electron chi connectivity index (χ0n) is 16.1. The van der Waals surface area contributed by atoms with Gasteiger partial charge in [0.25, 0.3) is 5.91 Å². The summed E-state index contributed by atoms with van der Waals surface area (Å²) in [5.41, 5.74) is 1.82. The van der Waals surface area contributed by atoms with Gasteiger partial charge in [-0.2, -0.15) is 0 Å². The van der Waals surface area contributed by atoms with Crippen LogP contribution in [0.2, 0.25) is 5.02 Å². The van der Waals surface area contributed by atoms with Gasteiger partial charge < -0.3 is 19.5 Å². The van der Waals surface area contributed by atoms with Crippen molar-refractivity contribution in [1.82, 2.24) is 9.13 Å². The van der Waals surface area contributed by atoms with Gasteiger partial charge in [-0.3, -0.25) is 13.9 Å². The number of halogens is 1. The van der Waals surface area contributed by atoms with Gasteiger partial charge in [-0.25, -0.2) is 4.79 Å². The van der Waals surface area contributed by atoms with E-state index in [1.165, 1.54) is 30.5 Å². The number of fused-ring (bicyclic) bond motifs is 1. The maximum Gasteiger partial charge on any atom is 0.328 e. The molecule has 3 rings (SSSR count). The van der Waals surface area contributed by atoms with E-state index >= 15 is 0 Å². The Kier molecular flexibility index (Phi) is 5.24. The summed E-state index contributed by atoms with van der Waals surface area (Å²) in [7, 11) is 7.75. The van der Waals surface area contributed by atoms with Crippen molar-refractivity contribution in [3.63, 3.8) is 0 Å². The summed E-state index contributed by atoms with van der Waals surface area (Å²) in [6.07, 6.45) is 0. The number of nitrogens with zero attached hydrogens (tertiary/aromatic N) is 2. The van der Waals surface area contributed by atoms with Crippen LogP contribution in [-0.2, 0) is 14.1 Å². The van der Waals surface area contributed by atoms with Crippen LogP contribution in [0.1, 0.15) is 10.4 Å². The molecular weight excluding hydrogens is 386 g/mol. The standard InChI is InChI=1S/C19H20ClN3O5/c1-22-13-8-11(20)12(9-14(13)23(2)19(22)25)21-18(24)10-6-15(26-3)17(28-5)16(7-10)27-4/h6-9H,1-5H3,(H,21,24). The fraction of sp³-hybridized carbons (Fsp3) is 0.263. The number of anilines is 1. The van der Waals surface area contributed by atoms with Crippen molar-refractivity contribution in [2.75, 3.05) is 26.6 Å². The van der Waals surface area contributed by atoms with E-state index in [1.54, 1.807) is 38.4 Å². The second-order valence-corrected chi connectivity index (χ2v) is 6.50. The van der Waals surface area contributed by atoms with E-state index in [1.807, 2.05) is 0 Å². The number of hydrogen-bond acceptors (Lipinski definition) is 5. The summed E-state index contributed by atoms with van der Waals surface area (Å²) >= 11 is 6.32. The Morgan fingerprint density at radius 3 is 1.96 bits per heavy atom. The lowest BCUT2D eigenvalue weighted by molar-refractivity contribution is 0.102. The highest BCUT2D eigenvalue weighted by Crippen LogP contribution is 2.38. The maximum atomic E-state index is 12.8. The van der Waals surface area contributed by atoms with Gasteiger partial charge in [0.1, 0.15) is 0 Å². The molecular formula is C19H20ClN3O5. The number of imidazole rings is 1. The number of methoxy groups -OCH3 is 3. The lowest BCUT2D eigenvalue weighted by Crippen LogP contribution is -2.19. The van der Waals surface area contributed by atoms with Gasteiger partial charge >= 0.3 is 5.69 Å². The molecule has 28 heavy (non-hydrogen) atoms. The first-order valence-electron chi connectivity index (χ1n) is 8.28. The number of aryl methyl sites for hydroxylation is 2. The van der Waals surface area contributed by atoms with Gasteiger partial charge in [0.2, 0.25) is 5.75 Å². The zero-order valence-corrected chi connectivity index (χ0v) is 16.9. The Morgan fingerprint density at radius 2 is 1.46 bits per heavy atom. The number of nitrogens with one attached hydrogen (secondary N) is 1. The first-order chi connectivity index (χ1) is 13.3. The molecule has 0 aliphatic rings. The molecule has 0 aliphatic heterocycles. The Bertz CT molecular complexity index is 1110. The molecule has 0 aliphatic carbocycles. The largest absolute Gasteiger partial charge is 0.493 e. The molecule has 2 aromatic carbocycles. The molecule has 0 saturated carbocycles. The fourth-order valence-corrected chi connectivity index (χ4v) is 3.23. The minimum absolute atomic E-state index is 0.181. The third-order valence-electron chi connectivity index (χ3n) is 4.54. The summed E-state index contributed by atoms with van der Waals surface area (Å²) in [4.78, 5) is 24.9. The fourth-order valence-electron chi connectivity index (χ4n) is 3.02. The predicted octanol–water partition coefficient (Wildman–Crippen LogP) is 2.81. The van der Waals surface area contributed by atoms with Crippen LogP contribution in [0, 0.1) is 0 Å². The summed E-state index contributed by atoms with van der Waals surface area (Å²) in [6.45, 7) is 0. The molecule has 0 fully saturated rings. The number of ether oxygens (including phenoxy) is 3. The van der Waals surface area contributed by atoms with E-state index in [2.05, 4.69) is 5.32 Å². The average Bonchev–Trinajstić information content (AvgIpc) is 2.90. The van der Waals surface area contributed by atoms with Crippen molar-refractivity contribution in [2.45, 2.75) is 0 Å². The smallest absolute Gasteiger partial charge is 0.328 e. The highest BCUT2D eigenvalue weighted by molar-refractivity contribution is 6.34. The van der Waals surface area contributed by atoms with Crippen LogP contribution < -0.4 is 25.2 Å². The Morgan fingerprint density at radius 1 is 0.929 bits per heavy atom. The molecule has 0 spiro atoms. The number of rotatable bonds is 5. The van der Waals surface area contributed by atoms with Crippen molar-refractivity contribution in [1.29, 1.82) is 0 Å². The Balaban J connectivity index is 2.03. The predicted molar refractivity (Wildman–Crippen MR) is 107 cm³/mol. The molecule has 1 amide bonds. The molecule has 8 nitrogen and oxygen atoms in total. The van der Waals surface area contributed by atoms with Crippen LogP contribution in [0.15, 0.2) is 29.1 Å². The molecule has 0 radical (unpaired) electrons. The van der Waals surface area contributed by atoms with Crippen molar-refractivity contribution in [2.24, 2.45) is 14.1 Å². The van der Waals surface area contributed by atoms with Gasteiger partial charge in [0.15, 0.2) is 11.5 Å². The van der Waals surface area contributed by atoms with Crippen molar-refractivity contribution in [3.05, 3.63) is 45.3 Å². The lowest BCUT2D eigenvalue weighted by Gasteiger charge is -2.14. The van der Waals surface area contributed by atoms with Gasteiger partial charge in [0.05, 0.1) is 43.1 Å². The maximum absolute atomic E-state index is 12.8. The Labute approximate surface area is 166 Å². The molecule has 0 bridgehead atoms. The van der Waals surface area contributed by atoms with Crippen LogP contribution in [-0.4, -0.2) is 36.4 Å². The normalized spacial score (nSPS) is 10.8. The van der Waals surface area contributed by atoms with Crippen molar-refractivity contribution < 1.29 is 19.0 Å². The number of hydrogen-bond donors (Lipinski definition) is 1. The second-order valence-electron chi connectivity index (χ2n) is 6.09. The molecule has 1 heterocycles. The molecule has 0 saturated heterocycles. The summed E-state index contributed by atoms with van der Waals surface area (Å²) < 4.78 is 18.8. The molecule has 1 N–H and O–H groups in total. The van der Waals surface area contributed by atoms with E-state index in [4.69, 9.17) is 25.8 Å². The van der Waals surface area contributed by atoms with Gasteiger partial charge in [-0.1, -0.05) is 11.6 Å². The van der Waals surface area contributed by atoms with Crippen LogP contribution >= 0.6 is 11.6 Å². The number of amides is 1. The van der Waals surface area contributed by atoms with Crippen LogP contribution in [0.5, 0.6) is 17.2 Å².